The minimum Gasteiger partial charge on any atom is -0.478 e. The number of rotatable bonds is 2. The second-order valence-electron chi connectivity index (χ2n) is 2.62. The molecule has 0 aliphatic heterocycles. The van der Waals surface area contributed by atoms with Crippen molar-refractivity contribution < 1.29 is 19.1 Å². The maximum Gasteiger partial charge on any atom is 0.335 e. The van der Waals surface area contributed by atoms with E-state index >= 15 is 0 Å². The van der Waals surface area contributed by atoms with Gasteiger partial charge in [0, 0.05) is 0 Å². The summed E-state index contributed by atoms with van der Waals surface area (Å²) in [7, 11) is 0. The second-order valence-corrected chi connectivity index (χ2v) is 2.62. The molecule has 0 heterocycles. The van der Waals surface area contributed by atoms with Gasteiger partial charge < -0.3 is 5.11 Å². The summed E-state index contributed by atoms with van der Waals surface area (Å²) in [5, 5.41) is 8.58. The smallest absolute Gasteiger partial charge is 0.335 e. The molecule has 13 heavy (non-hydrogen) atoms. The van der Waals surface area contributed by atoms with Crippen LogP contribution >= 0.6 is 0 Å². The second kappa shape index (κ2) is 3.35. The number of aryl methyl sites for hydroxylation is 1. The van der Waals surface area contributed by atoms with E-state index in [1.807, 2.05) is 0 Å². The van der Waals surface area contributed by atoms with Crippen LogP contribution in [0.4, 0.5) is 4.39 Å². The summed E-state index contributed by atoms with van der Waals surface area (Å²) in [5.41, 5.74) is -0.152. The van der Waals surface area contributed by atoms with Crippen molar-refractivity contribution in [3.8, 4) is 0 Å². The van der Waals surface area contributed by atoms with E-state index in [4.69, 9.17) is 5.11 Å². The van der Waals surface area contributed by atoms with E-state index in [1.165, 1.54) is 13.0 Å². The molecular formula is C9H7FO3. The van der Waals surface area contributed by atoms with Gasteiger partial charge in [0.1, 0.15) is 5.82 Å². The highest BCUT2D eigenvalue weighted by Crippen LogP contribution is 2.13. The fraction of sp³-hybridized carbons (Fsp3) is 0.111. The van der Waals surface area contributed by atoms with Crippen molar-refractivity contribution in [1.82, 2.24) is 0 Å². The largest absolute Gasteiger partial charge is 0.478 e. The zero-order chi connectivity index (χ0) is 10.0. The predicted molar refractivity (Wildman–Crippen MR) is 43.5 cm³/mol. The lowest BCUT2D eigenvalue weighted by molar-refractivity contribution is 0.0696. The van der Waals surface area contributed by atoms with Gasteiger partial charge in [-0.15, -0.1) is 0 Å². The normalized spacial score (nSPS) is 9.69. The van der Waals surface area contributed by atoms with Crippen LogP contribution in [0.3, 0.4) is 0 Å². The molecule has 0 fully saturated rings. The van der Waals surface area contributed by atoms with E-state index in [-0.39, 0.29) is 16.7 Å². The Bertz CT molecular complexity index is 371. The number of carboxylic acid groups (broad SMARTS) is 1. The van der Waals surface area contributed by atoms with Gasteiger partial charge in [-0.25, -0.2) is 9.18 Å². The Morgan fingerprint density at radius 2 is 2.15 bits per heavy atom. The Kier molecular flexibility index (Phi) is 2.41. The lowest BCUT2D eigenvalue weighted by Crippen LogP contribution is -2.01. The van der Waals surface area contributed by atoms with Gasteiger partial charge in [0.25, 0.3) is 0 Å². The summed E-state index contributed by atoms with van der Waals surface area (Å²) in [6, 6.07) is 2.20. The summed E-state index contributed by atoms with van der Waals surface area (Å²) in [6.07, 6.45) is 0.300. The van der Waals surface area contributed by atoms with E-state index in [0.717, 1.165) is 6.07 Å². The Hall–Kier alpha value is -1.71. The lowest BCUT2D eigenvalue weighted by Gasteiger charge is -2.01. The number of carboxylic acids is 1. The molecule has 0 spiro atoms. The third kappa shape index (κ3) is 1.72. The van der Waals surface area contributed by atoms with Gasteiger partial charge in [-0.2, -0.15) is 0 Å². The van der Waals surface area contributed by atoms with Crippen LogP contribution < -0.4 is 0 Å². The van der Waals surface area contributed by atoms with E-state index in [9.17, 15) is 14.0 Å². The van der Waals surface area contributed by atoms with Gasteiger partial charge in [0.2, 0.25) is 0 Å². The molecule has 3 nitrogen and oxygen atoms in total. The molecule has 1 aromatic rings. The van der Waals surface area contributed by atoms with Crippen molar-refractivity contribution in [2.75, 3.05) is 0 Å². The molecule has 4 heteroatoms. The predicted octanol–water partition coefficient (Wildman–Crippen LogP) is 1.64. The van der Waals surface area contributed by atoms with Crippen molar-refractivity contribution in [2.45, 2.75) is 6.92 Å². The van der Waals surface area contributed by atoms with Crippen LogP contribution in [0.15, 0.2) is 12.1 Å². The lowest BCUT2D eigenvalue weighted by atomic mass is 10.1. The SMILES string of the molecule is Cc1cc(C(=O)O)cc(C=O)c1F. The van der Waals surface area contributed by atoms with Gasteiger partial charge in [0.15, 0.2) is 6.29 Å². The van der Waals surface area contributed by atoms with Crippen LogP contribution in [0.2, 0.25) is 0 Å². The van der Waals surface area contributed by atoms with Crippen LogP contribution in [0.25, 0.3) is 0 Å². The summed E-state index contributed by atoms with van der Waals surface area (Å²) >= 11 is 0. The van der Waals surface area contributed by atoms with E-state index < -0.39 is 11.8 Å². The van der Waals surface area contributed by atoms with Gasteiger partial charge in [-0.05, 0) is 24.6 Å². The van der Waals surface area contributed by atoms with Crippen LogP contribution in [-0.4, -0.2) is 17.4 Å². The molecule has 0 bridgehead atoms. The number of halogens is 1. The highest BCUT2D eigenvalue weighted by molar-refractivity contribution is 5.90. The summed E-state index contributed by atoms with van der Waals surface area (Å²) in [5.74, 6) is -1.84. The molecule has 0 aliphatic carbocycles. The van der Waals surface area contributed by atoms with Crippen molar-refractivity contribution >= 4 is 12.3 Å². The standard InChI is InChI=1S/C9H7FO3/c1-5-2-6(9(12)13)3-7(4-11)8(5)10/h2-4H,1H3,(H,12,13). The quantitative estimate of drug-likeness (QED) is 0.707. The maximum absolute atomic E-state index is 13.0. The fourth-order valence-corrected chi connectivity index (χ4v) is 1.01. The monoisotopic (exact) mass is 182 g/mol. The third-order valence-corrected chi connectivity index (χ3v) is 1.66. The number of aromatic carboxylic acids is 1. The number of hydrogen-bond acceptors (Lipinski definition) is 2. The van der Waals surface area contributed by atoms with Gasteiger partial charge in [-0.3, -0.25) is 4.79 Å². The van der Waals surface area contributed by atoms with Crippen molar-refractivity contribution in [1.29, 1.82) is 0 Å². The molecule has 0 atom stereocenters. The molecule has 0 unspecified atom stereocenters. The highest BCUT2D eigenvalue weighted by atomic mass is 19.1. The molecule has 0 aliphatic rings. The first-order chi connectivity index (χ1) is 6.06. The van der Waals surface area contributed by atoms with Crippen molar-refractivity contribution in [3.05, 3.63) is 34.6 Å². The molecule has 68 valence electrons. The zero-order valence-corrected chi connectivity index (χ0v) is 6.87. The van der Waals surface area contributed by atoms with E-state index in [0.29, 0.717) is 6.29 Å². The molecule has 1 rings (SSSR count). The topological polar surface area (TPSA) is 54.4 Å². The molecule has 0 aromatic heterocycles. The minimum atomic E-state index is -1.17. The average Bonchev–Trinajstić information content (AvgIpc) is 2.09. The third-order valence-electron chi connectivity index (χ3n) is 1.66. The average molecular weight is 182 g/mol. The summed E-state index contributed by atoms with van der Waals surface area (Å²) in [6.45, 7) is 1.41. The highest BCUT2D eigenvalue weighted by Gasteiger charge is 2.10. The Morgan fingerprint density at radius 1 is 1.54 bits per heavy atom. The number of hydrogen-bond donors (Lipinski definition) is 1. The Labute approximate surface area is 73.8 Å². The number of carbonyl (C=O) groups is 2. The molecule has 1 N–H and O–H groups in total. The van der Waals surface area contributed by atoms with Gasteiger partial charge >= 0.3 is 5.97 Å². The minimum absolute atomic E-state index is 0.0824. The van der Waals surface area contributed by atoms with Gasteiger partial charge in [-0.1, -0.05) is 0 Å². The van der Waals surface area contributed by atoms with Gasteiger partial charge in [0.05, 0.1) is 11.1 Å². The van der Waals surface area contributed by atoms with Crippen molar-refractivity contribution in [2.24, 2.45) is 0 Å². The van der Waals surface area contributed by atoms with Crippen LogP contribution in [0.5, 0.6) is 0 Å². The van der Waals surface area contributed by atoms with Crippen LogP contribution in [0.1, 0.15) is 26.3 Å². The molecule has 0 amide bonds. The summed E-state index contributed by atoms with van der Waals surface area (Å²) < 4.78 is 13.0. The number of aldehydes is 1. The maximum atomic E-state index is 13.0. The number of carbonyl (C=O) groups excluding carboxylic acids is 1. The molecule has 0 radical (unpaired) electrons. The van der Waals surface area contributed by atoms with Crippen LogP contribution in [0, 0.1) is 12.7 Å². The first-order valence-corrected chi connectivity index (χ1v) is 3.55. The van der Waals surface area contributed by atoms with Crippen LogP contribution in [-0.2, 0) is 0 Å². The van der Waals surface area contributed by atoms with E-state index in [1.54, 1.807) is 0 Å². The summed E-state index contributed by atoms with van der Waals surface area (Å²) in [4.78, 5) is 20.8. The Balaban J connectivity index is 3.38. The molecule has 0 saturated carbocycles. The van der Waals surface area contributed by atoms with E-state index in [2.05, 4.69) is 0 Å². The Morgan fingerprint density at radius 3 is 2.62 bits per heavy atom. The first-order valence-electron chi connectivity index (χ1n) is 3.55. The van der Waals surface area contributed by atoms with Crippen molar-refractivity contribution in [3.63, 3.8) is 0 Å². The fourth-order valence-electron chi connectivity index (χ4n) is 1.01. The zero-order valence-electron chi connectivity index (χ0n) is 6.87. The number of benzene rings is 1. The molecule has 1 aromatic carbocycles. The molecule has 0 saturated heterocycles. The first kappa shape index (κ1) is 9.38. The molecular weight excluding hydrogens is 175 g/mol.